The normalized spacial score (nSPS) is 10.4. The number of nitrogens with zero attached hydrogens (tertiary/aromatic N) is 3. The molecule has 0 aliphatic carbocycles. The minimum Gasteiger partial charge on any atom is -0.342 e. The summed E-state index contributed by atoms with van der Waals surface area (Å²) in [5, 5.41) is 0. The van der Waals surface area contributed by atoms with E-state index in [-0.39, 0.29) is 11.6 Å². The highest BCUT2D eigenvalue weighted by Crippen LogP contribution is 2.03. The zero-order valence-corrected chi connectivity index (χ0v) is 6.40. The van der Waals surface area contributed by atoms with Crippen LogP contribution in [0, 0.1) is 0 Å². The van der Waals surface area contributed by atoms with Crippen LogP contribution in [0.25, 0.3) is 11.2 Å². The average Bonchev–Trinajstić information content (AvgIpc) is 2.49. The van der Waals surface area contributed by atoms with Gasteiger partial charge in [-0.2, -0.15) is 0 Å². The molecule has 1 N–H and O–H groups in total. The fourth-order valence-corrected chi connectivity index (χ4v) is 0.906. The Morgan fingerprint density at radius 3 is 3.08 bits per heavy atom. The largest absolute Gasteiger partial charge is 0.342 e. The smallest absolute Gasteiger partial charge is 0.197 e. The number of H-pyrrole nitrogens is 1. The standard InChI is InChI=1S/C7H6N4O/c1-4(12)6-8-2-5-7(11-6)10-3-9-5/h2-3H,1H3,(H,8,9,10,11). The highest BCUT2D eigenvalue weighted by molar-refractivity contribution is 5.91. The number of carbonyl (C=O) groups is 1. The summed E-state index contributed by atoms with van der Waals surface area (Å²) in [5.41, 5.74) is 1.26. The molecular formula is C7H6N4O. The predicted octanol–water partition coefficient (Wildman–Crippen LogP) is 0.555. The van der Waals surface area contributed by atoms with Crippen LogP contribution in [0.2, 0.25) is 0 Å². The van der Waals surface area contributed by atoms with Crippen molar-refractivity contribution >= 4 is 16.9 Å². The van der Waals surface area contributed by atoms with Crippen LogP contribution in [0.5, 0.6) is 0 Å². The first-order valence-electron chi connectivity index (χ1n) is 3.44. The number of imidazole rings is 1. The van der Waals surface area contributed by atoms with Gasteiger partial charge < -0.3 is 4.98 Å². The molecule has 0 aliphatic rings. The van der Waals surface area contributed by atoms with Gasteiger partial charge in [-0.3, -0.25) is 4.79 Å². The monoisotopic (exact) mass is 162 g/mol. The van der Waals surface area contributed by atoms with E-state index >= 15 is 0 Å². The second-order valence-corrected chi connectivity index (χ2v) is 2.39. The Labute approximate surface area is 67.9 Å². The van der Waals surface area contributed by atoms with Crippen molar-refractivity contribution in [1.82, 2.24) is 19.9 Å². The summed E-state index contributed by atoms with van der Waals surface area (Å²) in [4.78, 5) is 25.4. The first-order valence-corrected chi connectivity index (χ1v) is 3.44. The molecule has 5 heteroatoms. The lowest BCUT2D eigenvalue weighted by atomic mass is 10.4. The molecule has 0 amide bonds. The van der Waals surface area contributed by atoms with Crippen LogP contribution in [0.15, 0.2) is 12.5 Å². The van der Waals surface area contributed by atoms with Gasteiger partial charge in [0.15, 0.2) is 17.3 Å². The first-order chi connectivity index (χ1) is 5.77. The summed E-state index contributed by atoms with van der Waals surface area (Å²) in [6.45, 7) is 1.42. The molecule has 0 bridgehead atoms. The number of hydrogen-bond donors (Lipinski definition) is 1. The summed E-state index contributed by atoms with van der Waals surface area (Å²) in [7, 11) is 0. The lowest BCUT2D eigenvalue weighted by molar-refractivity contribution is 0.100. The molecule has 5 nitrogen and oxygen atoms in total. The number of Topliss-reactive ketones (excluding diaryl/α,β-unsaturated/α-hetero) is 1. The number of aromatic amines is 1. The maximum Gasteiger partial charge on any atom is 0.197 e. The SMILES string of the molecule is CC(=O)c1ncc2[nH]cnc2n1. The molecule has 0 unspecified atom stereocenters. The Bertz CT molecular complexity index is 434. The Balaban J connectivity index is 2.68. The van der Waals surface area contributed by atoms with Crippen molar-refractivity contribution in [3.05, 3.63) is 18.3 Å². The fourth-order valence-electron chi connectivity index (χ4n) is 0.906. The molecule has 60 valence electrons. The van der Waals surface area contributed by atoms with Gasteiger partial charge in [0.1, 0.15) is 5.52 Å². The van der Waals surface area contributed by atoms with Gasteiger partial charge >= 0.3 is 0 Å². The van der Waals surface area contributed by atoms with Gasteiger partial charge in [0.05, 0.1) is 12.5 Å². The zero-order chi connectivity index (χ0) is 8.55. The van der Waals surface area contributed by atoms with Crippen LogP contribution in [-0.4, -0.2) is 25.7 Å². The number of hydrogen-bond acceptors (Lipinski definition) is 4. The average molecular weight is 162 g/mol. The number of ketones is 1. The third-order valence-electron chi connectivity index (χ3n) is 1.49. The van der Waals surface area contributed by atoms with Crippen molar-refractivity contribution in [3.63, 3.8) is 0 Å². The van der Waals surface area contributed by atoms with Crippen LogP contribution >= 0.6 is 0 Å². The minimum absolute atomic E-state index is 0.153. The van der Waals surface area contributed by atoms with Gasteiger partial charge in [0.2, 0.25) is 0 Å². The lowest BCUT2D eigenvalue weighted by Gasteiger charge is -1.91. The molecule has 0 spiro atoms. The molecule has 0 saturated heterocycles. The molecule has 0 atom stereocenters. The van der Waals surface area contributed by atoms with Crippen LogP contribution in [0.3, 0.4) is 0 Å². The molecule has 0 fully saturated rings. The van der Waals surface area contributed by atoms with E-state index in [4.69, 9.17) is 0 Å². The van der Waals surface area contributed by atoms with Gasteiger partial charge in [0.25, 0.3) is 0 Å². The van der Waals surface area contributed by atoms with Crippen LogP contribution in [-0.2, 0) is 0 Å². The van der Waals surface area contributed by atoms with E-state index in [1.54, 1.807) is 6.20 Å². The number of carbonyl (C=O) groups excluding carboxylic acids is 1. The van der Waals surface area contributed by atoms with Gasteiger partial charge in [-0.05, 0) is 0 Å². The molecule has 12 heavy (non-hydrogen) atoms. The van der Waals surface area contributed by atoms with Crippen LogP contribution in [0.1, 0.15) is 17.5 Å². The molecule has 0 aliphatic heterocycles. The van der Waals surface area contributed by atoms with E-state index in [2.05, 4.69) is 19.9 Å². The first kappa shape index (κ1) is 6.90. The van der Waals surface area contributed by atoms with Gasteiger partial charge in [-0.1, -0.05) is 0 Å². The second-order valence-electron chi connectivity index (χ2n) is 2.39. The van der Waals surface area contributed by atoms with Crippen LogP contribution < -0.4 is 0 Å². The zero-order valence-electron chi connectivity index (χ0n) is 6.40. The van der Waals surface area contributed by atoms with E-state index in [1.165, 1.54) is 13.3 Å². The Morgan fingerprint density at radius 1 is 1.50 bits per heavy atom. The topological polar surface area (TPSA) is 71.5 Å². The van der Waals surface area contributed by atoms with Crippen molar-refractivity contribution in [3.8, 4) is 0 Å². The van der Waals surface area contributed by atoms with E-state index < -0.39 is 0 Å². The molecule has 2 rings (SSSR count). The highest BCUT2D eigenvalue weighted by Gasteiger charge is 2.04. The van der Waals surface area contributed by atoms with Gasteiger partial charge in [-0.25, -0.2) is 15.0 Å². The maximum absolute atomic E-state index is 10.8. The molecule has 0 saturated carbocycles. The van der Waals surface area contributed by atoms with E-state index in [1.807, 2.05) is 0 Å². The Hall–Kier alpha value is -1.78. The highest BCUT2D eigenvalue weighted by atomic mass is 16.1. The van der Waals surface area contributed by atoms with Crippen LogP contribution in [0.4, 0.5) is 0 Å². The van der Waals surface area contributed by atoms with E-state index in [9.17, 15) is 4.79 Å². The van der Waals surface area contributed by atoms with E-state index in [0.29, 0.717) is 5.65 Å². The molecule has 0 aromatic carbocycles. The summed E-state index contributed by atoms with van der Waals surface area (Å²) >= 11 is 0. The third kappa shape index (κ3) is 0.952. The van der Waals surface area contributed by atoms with Gasteiger partial charge in [0, 0.05) is 6.92 Å². The van der Waals surface area contributed by atoms with Crippen molar-refractivity contribution in [2.45, 2.75) is 6.92 Å². The molecule has 0 radical (unpaired) electrons. The van der Waals surface area contributed by atoms with Crippen molar-refractivity contribution in [1.29, 1.82) is 0 Å². The molecule has 2 aromatic heterocycles. The molecular weight excluding hydrogens is 156 g/mol. The van der Waals surface area contributed by atoms with Gasteiger partial charge in [-0.15, -0.1) is 0 Å². The second kappa shape index (κ2) is 2.37. The summed E-state index contributed by atoms with van der Waals surface area (Å²) in [6.07, 6.45) is 3.06. The summed E-state index contributed by atoms with van der Waals surface area (Å²) in [5.74, 6) is 0.0505. The van der Waals surface area contributed by atoms with Crippen molar-refractivity contribution < 1.29 is 4.79 Å². The maximum atomic E-state index is 10.8. The fraction of sp³-hybridized carbons (Fsp3) is 0.143. The van der Waals surface area contributed by atoms with Crippen molar-refractivity contribution in [2.75, 3.05) is 0 Å². The Kier molecular flexibility index (Phi) is 1.36. The number of rotatable bonds is 1. The predicted molar refractivity (Wildman–Crippen MR) is 41.7 cm³/mol. The summed E-state index contributed by atoms with van der Waals surface area (Å²) in [6, 6.07) is 0. The quantitative estimate of drug-likeness (QED) is 0.622. The number of fused-ring (bicyclic) bond motifs is 1. The molecule has 2 aromatic rings. The summed E-state index contributed by atoms with van der Waals surface area (Å²) < 4.78 is 0. The Morgan fingerprint density at radius 2 is 2.33 bits per heavy atom. The lowest BCUT2D eigenvalue weighted by Crippen LogP contribution is -2.00. The van der Waals surface area contributed by atoms with E-state index in [0.717, 1.165) is 5.52 Å². The number of aromatic nitrogens is 4. The third-order valence-corrected chi connectivity index (χ3v) is 1.49. The van der Waals surface area contributed by atoms with Crippen molar-refractivity contribution in [2.24, 2.45) is 0 Å². The minimum atomic E-state index is -0.153. The number of nitrogens with one attached hydrogen (secondary N) is 1. The molecule has 2 heterocycles.